The summed E-state index contributed by atoms with van der Waals surface area (Å²) >= 11 is 5.43. The fourth-order valence-electron chi connectivity index (χ4n) is 13.8. The Morgan fingerprint density at radius 2 is 0.694 bits per heavy atom. The van der Waals surface area contributed by atoms with Crippen molar-refractivity contribution < 1.29 is 0 Å². The number of aromatic nitrogens is 9. The van der Waals surface area contributed by atoms with Crippen molar-refractivity contribution in [3.05, 3.63) is 139 Å². The van der Waals surface area contributed by atoms with E-state index in [2.05, 4.69) is 319 Å². The summed E-state index contributed by atoms with van der Waals surface area (Å²) in [7, 11) is 0. The van der Waals surface area contributed by atoms with Gasteiger partial charge in [-0.15, -0.1) is 22.7 Å². The molecular formula is C86H131N9S3. The van der Waals surface area contributed by atoms with Crippen molar-refractivity contribution in [3.8, 4) is 0 Å². The third kappa shape index (κ3) is 17.0. The Balaban J connectivity index is 0.000000193. The van der Waals surface area contributed by atoms with Gasteiger partial charge in [0.2, 0.25) is 0 Å². The summed E-state index contributed by atoms with van der Waals surface area (Å²) in [6, 6.07) is 2.26. The standard InChI is InChI=1S/2C18H28N2.C18H27NS.2C16H24N2S/c1-11-13(3)20-14(10-15(19-20)17(4,5)6)12(2)16(11)18(7,8)9;1-11-12(2)16-19-14(17(4,5)6)10-20(16)13(3)15(11)18(7,8)9;1-10-11(2)14-15(12(3)13(10)17(4,5)6)20-16(19-14)18(7,8)9;1-9-12-11(18-14(19-12)16(6,7)8)10(2)17-13(9)15(3,4)5;1-9-10(2)12(15(3,4)5)18-13-11(9)17-14(19-13)16(6,7)8/h2*10H,1-9H3;1-9H3;2*1-8H3. The van der Waals surface area contributed by atoms with Gasteiger partial charge in [0.25, 0.3) is 0 Å². The molecule has 0 aliphatic rings. The van der Waals surface area contributed by atoms with Gasteiger partial charge in [0.05, 0.1) is 58.9 Å². The van der Waals surface area contributed by atoms with E-state index in [1.807, 2.05) is 22.7 Å². The lowest BCUT2D eigenvalue weighted by atomic mass is 9.79. The minimum atomic E-state index is 0.0783. The Hall–Kier alpha value is -5.43. The summed E-state index contributed by atoms with van der Waals surface area (Å²) < 4.78 is 7.09. The molecule has 9 nitrogen and oxygen atoms in total. The number of imidazole rings is 1. The molecule has 10 rings (SSSR count). The summed E-state index contributed by atoms with van der Waals surface area (Å²) in [5.74, 6) is 0. The summed E-state index contributed by atoms with van der Waals surface area (Å²) in [5, 5.41) is 8.45. The SMILES string of the molecule is Cc1c(C(C)(C)C)c(C)c2cc(C(C)(C)C)nn2c1C.Cc1c(C(C)(C)C)c(C)c2sc(C(C)(C)C)nc2c1C.Cc1c(C(C)(C)C)c(C)n2cc(C(C)(C)C)nc2c1C.Cc1c(C(C)(C)C)nc2sc(C(C)(C)C)nc2c1C.Cc1nc(C(C)(C)C)c(C)c2sc(C(C)(C)C)nc12. The zero-order valence-corrected chi connectivity index (χ0v) is 72.4. The van der Waals surface area contributed by atoms with Gasteiger partial charge in [-0.2, -0.15) is 5.10 Å². The number of pyridine rings is 4. The van der Waals surface area contributed by atoms with E-state index in [4.69, 9.17) is 35.0 Å². The molecule has 98 heavy (non-hydrogen) atoms. The molecule has 0 aliphatic carbocycles. The summed E-state index contributed by atoms with van der Waals surface area (Å²) in [6.07, 6.45) is 2.21. The van der Waals surface area contributed by atoms with E-state index < -0.39 is 0 Å². The van der Waals surface area contributed by atoms with E-state index in [9.17, 15) is 0 Å². The maximum Gasteiger partial charge on any atom is 0.144 e. The molecule has 0 bridgehead atoms. The zero-order chi connectivity index (χ0) is 75.5. The number of aryl methyl sites for hydroxylation is 9. The van der Waals surface area contributed by atoms with Crippen molar-refractivity contribution in [1.29, 1.82) is 0 Å². The van der Waals surface area contributed by atoms with Crippen LogP contribution in [0.4, 0.5) is 0 Å². The van der Waals surface area contributed by atoms with Gasteiger partial charge >= 0.3 is 0 Å². The molecule has 0 fully saturated rings. The Kier molecular flexibility index (Phi) is 22.8. The quantitative estimate of drug-likeness (QED) is 0.149. The molecule has 0 aliphatic heterocycles. The van der Waals surface area contributed by atoms with E-state index in [0.717, 1.165) is 38.6 Å². The third-order valence-electron chi connectivity index (χ3n) is 19.2. The van der Waals surface area contributed by atoms with Crippen LogP contribution in [0.5, 0.6) is 0 Å². The topological polar surface area (TPSA) is 99.1 Å². The predicted octanol–water partition coefficient (Wildman–Crippen LogP) is 25.3. The largest absolute Gasteiger partial charge is 0.304 e. The third-order valence-corrected chi connectivity index (χ3v) is 23.8. The maximum absolute atomic E-state index is 4.95. The summed E-state index contributed by atoms with van der Waals surface area (Å²) in [6.45, 7) is 95.9. The van der Waals surface area contributed by atoms with Gasteiger partial charge in [0.1, 0.15) is 26.5 Å². The minimum Gasteiger partial charge on any atom is -0.304 e. The van der Waals surface area contributed by atoms with Gasteiger partial charge in [-0.3, -0.25) is 4.98 Å². The molecule has 0 N–H and O–H groups in total. The molecule has 12 heteroatoms. The Morgan fingerprint density at radius 1 is 0.296 bits per heavy atom. The maximum atomic E-state index is 4.95. The second kappa shape index (κ2) is 27.4. The second-order valence-electron chi connectivity index (χ2n) is 38.8. The molecule has 0 atom stereocenters. The molecule has 9 heterocycles. The Labute approximate surface area is 607 Å². The lowest BCUT2D eigenvalue weighted by molar-refractivity contribution is 0.559. The number of rotatable bonds is 0. The van der Waals surface area contributed by atoms with Gasteiger partial charge < -0.3 is 4.40 Å². The fourth-order valence-corrected chi connectivity index (χ4v) is 17.2. The first-order chi connectivity index (χ1) is 43.9. The highest BCUT2D eigenvalue weighted by Gasteiger charge is 2.32. The van der Waals surface area contributed by atoms with Gasteiger partial charge in [-0.25, -0.2) is 29.4 Å². The smallest absolute Gasteiger partial charge is 0.144 e. The van der Waals surface area contributed by atoms with Crippen molar-refractivity contribution in [1.82, 2.24) is 43.9 Å². The molecule has 10 aromatic rings. The van der Waals surface area contributed by atoms with E-state index in [1.165, 1.54) is 131 Å². The lowest BCUT2D eigenvalue weighted by Crippen LogP contribution is -2.18. The average molecular weight is 1390 g/mol. The van der Waals surface area contributed by atoms with Gasteiger partial charge in [-0.05, 0) is 185 Å². The van der Waals surface area contributed by atoms with Crippen LogP contribution in [0.3, 0.4) is 0 Å². The van der Waals surface area contributed by atoms with Crippen LogP contribution in [-0.4, -0.2) is 43.9 Å². The number of hydrogen-bond acceptors (Lipinski definition) is 10. The van der Waals surface area contributed by atoms with Crippen molar-refractivity contribution in [2.75, 3.05) is 0 Å². The summed E-state index contributed by atoms with van der Waals surface area (Å²) in [4.78, 5) is 30.3. The van der Waals surface area contributed by atoms with E-state index in [1.54, 1.807) is 11.3 Å². The summed E-state index contributed by atoms with van der Waals surface area (Å²) in [5.41, 5.74) is 33.1. The van der Waals surface area contributed by atoms with Crippen LogP contribution in [0.15, 0.2) is 12.3 Å². The number of benzene rings is 1. The molecule has 538 valence electrons. The molecule has 0 saturated carbocycles. The van der Waals surface area contributed by atoms with Crippen LogP contribution in [0, 0.1) is 90.0 Å². The zero-order valence-electron chi connectivity index (χ0n) is 69.9. The first-order valence-electron chi connectivity index (χ1n) is 35.9. The lowest BCUT2D eigenvalue weighted by Gasteiger charge is -2.26. The van der Waals surface area contributed by atoms with Crippen molar-refractivity contribution in [2.45, 2.75) is 352 Å². The molecule has 0 unspecified atom stereocenters. The molecule has 0 amide bonds. The van der Waals surface area contributed by atoms with Crippen LogP contribution in [-0.2, 0) is 54.1 Å². The van der Waals surface area contributed by atoms with E-state index >= 15 is 0 Å². The highest BCUT2D eigenvalue weighted by atomic mass is 32.1. The number of nitrogens with zero attached hydrogens (tertiary/aromatic N) is 9. The first kappa shape index (κ1) is 81.5. The molecular weight excluding hydrogens is 1260 g/mol. The highest BCUT2D eigenvalue weighted by Crippen LogP contribution is 2.44. The van der Waals surface area contributed by atoms with Gasteiger partial charge in [-0.1, -0.05) is 219 Å². The second-order valence-corrected chi connectivity index (χ2v) is 41.7. The van der Waals surface area contributed by atoms with E-state index in [0.29, 0.717) is 0 Å². The van der Waals surface area contributed by atoms with Gasteiger partial charge in [0, 0.05) is 55.5 Å². The molecule has 9 aromatic heterocycles. The molecule has 0 spiro atoms. The Morgan fingerprint density at radius 3 is 1.13 bits per heavy atom. The predicted molar refractivity (Wildman–Crippen MR) is 433 cm³/mol. The molecule has 1 aromatic carbocycles. The van der Waals surface area contributed by atoms with E-state index in [-0.39, 0.29) is 54.1 Å². The number of hydrogen-bond donors (Lipinski definition) is 0. The number of thiazole rings is 3. The van der Waals surface area contributed by atoms with Crippen LogP contribution >= 0.6 is 34.0 Å². The van der Waals surface area contributed by atoms with Crippen molar-refractivity contribution in [2.24, 2.45) is 0 Å². The van der Waals surface area contributed by atoms with Gasteiger partial charge in [0.15, 0.2) is 0 Å². The normalized spacial score (nSPS) is 13.3. The van der Waals surface area contributed by atoms with Crippen LogP contribution in [0.25, 0.3) is 41.9 Å². The number of fused-ring (bicyclic) bond motifs is 5. The average Bonchev–Trinajstić information content (AvgIpc) is 1.57. The fraction of sp³-hybridized carbons (Fsp3) is 0.616. The van der Waals surface area contributed by atoms with Crippen LogP contribution in [0.2, 0.25) is 0 Å². The van der Waals surface area contributed by atoms with Crippen molar-refractivity contribution in [3.63, 3.8) is 0 Å². The first-order valence-corrected chi connectivity index (χ1v) is 38.3. The van der Waals surface area contributed by atoms with Crippen molar-refractivity contribution >= 4 is 76.0 Å². The van der Waals surface area contributed by atoms with Crippen LogP contribution in [0.1, 0.15) is 335 Å². The molecule has 0 radical (unpaired) electrons. The van der Waals surface area contributed by atoms with Crippen LogP contribution < -0.4 is 0 Å². The minimum absolute atomic E-state index is 0.0783. The molecule has 0 saturated heterocycles. The monoisotopic (exact) mass is 1390 g/mol. The Bertz CT molecular complexity index is 4310. The highest BCUT2D eigenvalue weighted by molar-refractivity contribution is 7.19.